The van der Waals surface area contributed by atoms with E-state index in [1.54, 1.807) is 0 Å². The van der Waals surface area contributed by atoms with Gasteiger partial charge in [-0.05, 0) is 37.3 Å². The molecule has 0 unspecified atom stereocenters. The lowest BCUT2D eigenvalue weighted by Crippen LogP contribution is -2.32. The SMILES string of the molecule is Cc1nc(CN(C)C(=O)CS(=O)(=O)c2ccc(Cl)cc2)nc2ccccc12. The zero-order valence-electron chi connectivity index (χ0n) is 14.9. The minimum absolute atomic E-state index is 0.0615. The van der Waals surface area contributed by atoms with Crippen LogP contribution >= 0.6 is 11.6 Å². The van der Waals surface area contributed by atoms with Crippen LogP contribution in [0.4, 0.5) is 0 Å². The molecule has 0 saturated heterocycles. The molecule has 1 aromatic heterocycles. The third kappa shape index (κ3) is 4.43. The lowest BCUT2D eigenvalue weighted by molar-refractivity contribution is -0.127. The van der Waals surface area contributed by atoms with E-state index in [1.165, 1.54) is 36.2 Å². The predicted octanol–water partition coefficient (Wildman–Crippen LogP) is 3.02. The third-order valence-electron chi connectivity index (χ3n) is 4.13. The number of para-hydroxylation sites is 1. The molecule has 2 aromatic carbocycles. The molecule has 0 saturated carbocycles. The Labute approximate surface area is 162 Å². The molecule has 0 aliphatic heterocycles. The lowest BCUT2D eigenvalue weighted by atomic mass is 10.2. The van der Waals surface area contributed by atoms with E-state index in [4.69, 9.17) is 11.6 Å². The van der Waals surface area contributed by atoms with Gasteiger partial charge in [0.25, 0.3) is 0 Å². The molecule has 1 amide bonds. The van der Waals surface area contributed by atoms with Gasteiger partial charge in [0.15, 0.2) is 9.84 Å². The third-order valence-corrected chi connectivity index (χ3v) is 6.00. The van der Waals surface area contributed by atoms with Crippen LogP contribution in [0.2, 0.25) is 5.02 Å². The quantitative estimate of drug-likeness (QED) is 0.654. The van der Waals surface area contributed by atoms with Crippen LogP contribution in [0, 0.1) is 6.92 Å². The van der Waals surface area contributed by atoms with Crippen molar-refractivity contribution in [3.05, 3.63) is 65.1 Å². The summed E-state index contributed by atoms with van der Waals surface area (Å²) < 4.78 is 24.8. The Kier molecular flexibility index (Phi) is 5.43. The van der Waals surface area contributed by atoms with E-state index in [1.807, 2.05) is 31.2 Å². The molecule has 0 bridgehead atoms. The zero-order valence-corrected chi connectivity index (χ0v) is 16.5. The average Bonchev–Trinajstić information content (AvgIpc) is 2.61. The fourth-order valence-electron chi connectivity index (χ4n) is 2.66. The molecule has 140 valence electrons. The first-order valence-electron chi connectivity index (χ1n) is 8.21. The maximum absolute atomic E-state index is 12.4. The molecule has 8 heteroatoms. The summed E-state index contributed by atoms with van der Waals surface area (Å²) in [6.45, 7) is 2.00. The summed E-state index contributed by atoms with van der Waals surface area (Å²) in [5, 5.41) is 1.38. The first-order valence-corrected chi connectivity index (χ1v) is 10.2. The molecule has 0 fully saturated rings. The number of aryl methyl sites for hydroxylation is 1. The lowest BCUT2D eigenvalue weighted by Gasteiger charge is -2.17. The highest BCUT2D eigenvalue weighted by molar-refractivity contribution is 7.92. The molecule has 0 aliphatic rings. The molecular formula is C19H18ClN3O3S. The fraction of sp³-hybridized carbons (Fsp3) is 0.211. The average molecular weight is 404 g/mol. The molecule has 0 aliphatic carbocycles. The number of carbonyl (C=O) groups excluding carboxylic acids is 1. The van der Waals surface area contributed by atoms with E-state index < -0.39 is 21.5 Å². The van der Waals surface area contributed by atoms with Crippen molar-refractivity contribution in [1.82, 2.24) is 14.9 Å². The number of carbonyl (C=O) groups is 1. The summed E-state index contributed by atoms with van der Waals surface area (Å²) in [7, 11) is -2.21. The van der Waals surface area contributed by atoms with Gasteiger partial charge in [-0.25, -0.2) is 18.4 Å². The van der Waals surface area contributed by atoms with E-state index in [-0.39, 0.29) is 11.4 Å². The largest absolute Gasteiger partial charge is 0.337 e. The molecule has 3 rings (SSSR count). The van der Waals surface area contributed by atoms with Gasteiger partial charge in [-0.3, -0.25) is 4.79 Å². The van der Waals surface area contributed by atoms with Gasteiger partial charge in [-0.15, -0.1) is 0 Å². The summed E-state index contributed by atoms with van der Waals surface area (Å²) in [4.78, 5) is 22.7. The van der Waals surface area contributed by atoms with Crippen LogP contribution in [0.5, 0.6) is 0 Å². The first-order chi connectivity index (χ1) is 12.8. The van der Waals surface area contributed by atoms with Gasteiger partial charge in [0.05, 0.1) is 17.0 Å². The smallest absolute Gasteiger partial charge is 0.238 e. The number of benzene rings is 2. The van der Waals surface area contributed by atoms with Crippen molar-refractivity contribution in [3.8, 4) is 0 Å². The molecule has 3 aromatic rings. The normalized spacial score (nSPS) is 11.5. The number of halogens is 1. The second-order valence-electron chi connectivity index (χ2n) is 6.21. The standard InChI is InChI=1S/C19H18ClN3O3S/c1-13-16-5-3-4-6-17(16)22-18(21-13)11-23(2)19(24)12-27(25,26)15-9-7-14(20)8-10-15/h3-10H,11-12H2,1-2H3. The van der Waals surface area contributed by atoms with Crippen molar-refractivity contribution < 1.29 is 13.2 Å². The van der Waals surface area contributed by atoms with Crippen molar-refractivity contribution in [2.24, 2.45) is 0 Å². The van der Waals surface area contributed by atoms with E-state index >= 15 is 0 Å². The highest BCUT2D eigenvalue weighted by Gasteiger charge is 2.22. The Morgan fingerprint density at radius 1 is 1.07 bits per heavy atom. The highest BCUT2D eigenvalue weighted by atomic mass is 35.5. The Balaban J connectivity index is 1.75. The molecule has 0 radical (unpaired) electrons. The summed E-state index contributed by atoms with van der Waals surface area (Å²) in [6, 6.07) is 13.3. The molecule has 1 heterocycles. The molecule has 27 heavy (non-hydrogen) atoms. The van der Waals surface area contributed by atoms with Crippen molar-refractivity contribution in [2.75, 3.05) is 12.8 Å². The molecular weight excluding hydrogens is 386 g/mol. The fourth-order valence-corrected chi connectivity index (χ4v) is 4.05. The van der Waals surface area contributed by atoms with Gasteiger partial charge in [0.1, 0.15) is 11.6 Å². The van der Waals surface area contributed by atoms with Crippen molar-refractivity contribution in [3.63, 3.8) is 0 Å². The summed E-state index contributed by atoms with van der Waals surface area (Å²) in [5.74, 6) is -0.692. The number of hydrogen-bond donors (Lipinski definition) is 0. The van der Waals surface area contributed by atoms with Gasteiger partial charge in [-0.1, -0.05) is 29.8 Å². The van der Waals surface area contributed by atoms with Crippen molar-refractivity contribution in [2.45, 2.75) is 18.4 Å². The van der Waals surface area contributed by atoms with Crippen LogP contribution in [-0.4, -0.2) is 42.0 Å². The number of nitrogens with zero attached hydrogens (tertiary/aromatic N) is 3. The second kappa shape index (κ2) is 7.62. The van der Waals surface area contributed by atoms with Gasteiger partial charge >= 0.3 is 0 Å². The van der Waals surface area contributed by atoms with Gasteiger partial charge in [-0.2, -0.15) is 0 Å². The van der Waals surface area contributed by atoms with Gasteiger partial charge < -0.3 is 4.90 Å². The summed E-state index contributed by atoms with van der Waals surface area (Å²) >= 11 is 5.78. The number of rotatable bonds is 5. The zero-order chi connectivity index (χ0) is 19.6. The Hall–Kier alpha value is -2.51. The van der Waals surface area contributed by atoms with Crippen LogP contribution in [0.15, 0.2) is 53.4 Å². The summed E-state index contributed by atoms with van der Waals surface area (Å²) in [5.41, 5.74) is 1.60. The number of sulfone groups is 1. The Morgan fingerprint density at radius 2 is 1.74 bits per heavy atom. The van der Waals surface area contributed by atoms with Crippen LogP contribution in [-0.2, 0) is 21.2 Å². The van der Waals surface area contributed by atoms with E-state index in [2.05, 4.69) is 9.97 Å². The van der Waals surface area contributed by atoms with Crippen molar-refractivity contribution >= 4 is 38.2 Å². The highest BCUT2D eigenvalue weighted by Crippen LogP contribution is 2.17. The maximum atomic E-state index is 12.4. The van der Waals surface area contributed by atoms with E-state index in [0.29, 0.717) is 10.8 Å². The number of fused-ring (bicyclic) bond motifs is 1. The summed E-state index contributed by atoms with van der Waals surface area (Å²) in [6.07, 6.45) is 0. The predicted molar refractivity (Wildman–Crippen MR) is 104 cm³/mol. The first kappa shape index (κ1) is 19.3. The minimum atomic E-state index is -3.75. The van der Waals surface area contributed by atoms with Crippen LogP contribution in [0.3, 0.4) is 0 Å². The van der Waals surface area contributed by atoms with Crippen molar-refractivity contribution in [1.29, 1.82) is 0 Å². The number of hydrogen-bond acceptors (Lipinski definition) is 5. The van der Waals surface area contributed by atoms with E-state index in [9.17, 15) is 13.2 Å². The Morgan fingerprint density at radius 3 is 2.44 bits per heavy atom. The molecule has 6 nitrogen and oxygen atoms in total. The molecule has 0 spiro atoms. The second-order valence-corrected chi connectivity index (χ2v) is 8.63. The molecule has 0 N–H and O–H groups in total. The van der Waals surface area contributed by atoms with Crippen LogP contribution in [0.25, 0.3) is 10.9 Å². The van der Waals surface area contributed by atoms with Gasteiger partial charge in [0.2, 0.25) is 5.91 Å². The topological polar surface area (TPSA) is 80.2 Å². The maximum Gasteiger partial charge on any atom is 0.238 e. The van der Waals surface area contributed by atoms with Crippen LogP contribution < -0.4 is 0 Å². The minimum Gasteiger partial charge on any atom is -0.337 e. The monoisotopic (exact) mass is 403 g/mol. The Bertz CT molecular complexity index is 1100. The number of aromatic nitrogens is 2. The van der Waals surface area contributed by atoms with E-state index in [0.717, 1.165) is 16.6 Å². The van der Waals surface area contributed by atoms with Crippen LogP contribution in [0.1, 0.15) is 11.5 Å². The van der Waals surface area contributed by atoms with Gasteiger partial charge in [0, 0.05) is 23.2 Å². The number of amides is 1. The molecule has 0 atom stereocenters.